The van der Waals surface area contributed by atoms with E-state index in [0.717, 1.165) is 0 Å². The maximum Gasteiger partial charge on any atom is 0.334 e. The Morgan fingerprint density at radius 3 is 2.43 bits per heavy atom. The number of hydrogen-bond donors (Lipinski definition) is 1. The summed E-state index contributed by atoms with van der Waals surface area (Å²) in [5.41, 5.74) is 1.10. The van der Waals surface area contributed by atoms with E-state index in [4.69, 9.17) is 0 Å². The van der Waals surface area contributed by atoms with E-state index in [1.54, 1.807) is 22.5 Å². The van der Waals surface area contributed by atoms with Crippen molar-refractivity contribution in [2.24, 2.45) is 0 Å². The summed E-state index contributed by atoms with van der Waals surface area (Å²) in [6, 6.07) is 0.243. The third kappa shape index (κ3) is 2.88. The molecular formula is C13H20N6O2. The molecule has 21 heavy (non-hydrogen) atoms. The molecule has 0 amide bonds. The SMILES string of the molecule is Cc1nn(C(C)C)c(Nc2cnn(C(C)C)c2)c1[N+](=O)[O-]. The van der Waals surface area contributed by atoms with E-state index < -0.39 is 4.92 Å². The van der Waals surface area contributed by atoms with Crippen LogP contribution in [0, 0.1) is 17.0 Å². The largest absolute Gasteiger partial charge is 0.334 e. The first-order valence-corrected chi connectivity index (χ1v) is 6.86. The van der Waals surface area contributed by atoms with E-state index in [1.807, 2.05) is 33.9 Å². The molecule has 0 spiro atoms. The van der Waals surface area contributed by atoms with Crippen LogP contribution >= 0.6 is 0 Å². The highest BCUT2D eigenvalue weighted by Gasteiger charge is 2.26. The number of nitro groups is 1. The molecule has 0 aliphatic heterocycles. The van der Waals surface area contributed by atoms with Crippen LogP contribution in [0.5, 0.6) is 0 Å². The quantitative estimate of drug-likeness (QED) is 0.675. The zero-order chi connectivity index (χ0) is 15.7. The van der Waals surface area contributed by atoms with Crippen LogP contribution in [0.4, 0.5) is 17.2 Å². The van der Waals surface area contributed by atoms with Crippen molar-refractivity contribution >= 4 is 17.2 Å². The minimum atomic E-state index is -0.406. The molecule has 1 N–H and O–H groups in total. The molecule has 2 aromatic rings. The van der Waals surface area contributed by atoms with Gasteiger partial charge < -0.3 is 5.32 Å². The van der Waals surface area contributed by atoms with Gasteiger partial charge in [-0.2, -0.15) is 10.2 Å². The van der Waals surface area contributed by atoms with Crippen molar-refractivity contribution in [1.82, 2.24) is 19.6 Å². The van der Waals surface area contributed by atoms with Crippen LogP contribution in [0.1, 0.15) is 45.5 Å². The van der Waals surface area contributed by atoms with Gasteiger partial charge in [-0.25, -0.2) is 4.68 Å². The summed E-state index contributed by atoms with van der Waals surface area (Å²) in [5.74, 6) is 0.385. The summed E-state index contributed by atoms with van der Waals surface area (Å²) in [5, 5.41) is 22.8. The summed E-state index contributed by atoms with van der Waals surface area (Å²) in [6.45, 7) is 9.53. The van der Waals surface area contributed by atoms with E-state index in [2.05, 4.69) is 15.5 Å². The maximum atomic E-state index is 11.3. The molecule has 8 nitrogen and oxygen atoms in total. The number of nitrogens with zero attached hydrogens (tertiary/aromatic N) is 5. The second kappa shape index (κ2) is 5.55. The minimum absolute atomic E-state index is 0.000923. The first-order valence-electron chi connectivity index (χ1n) is 6.86. The summed E-state index contributed by atoms with van der Waals surface area (Å²) >= 11 is 0. The normalized spacial score (nSPS) is 11.4. The molecule has 2 aromatic heterocycles. The van der Waals surface area contributed by atoms with Crippen LogP contribution < -0.4 is 5.32 Å². The second-order valence-corrected chi connectivity index (χ2v) is 5.51. The monoisotopic (exact) mass is 292 g/mol. The Kier molecular flexibility index (Phi) is 3.97. The first-order chi connectivity index (χ1) is 9.81. The lowest BCUT2D eigenvalue weighted by atomic mass is 10.3. The number of rotatable bonds is 5. The van der Waals surface area contributed by atoms with Gasteiger partial charge in [0.1, 0.15) is 5.69 Å². The highest BCUT2D eigenvalue weighted by molar-refractivity contribution is 5.67. The molecule has 0 atom stereocenters. The van der Waals surface area contributed by atoms with Crippen molar-refractivity contribution < 1.29 is 4.92 Å². The predicted molar refractivity (Wildman–Crippen MR) is 79.9 cm³/mol. The highest BCUT2D eigenvalue weighted by Crippen LogP contribution is 2.32. The molecule has 0 radical (unpaired) electrons. The maximum absolute atomic E-state index is 11.3. The predicted octanol–water partition coefficient (Wildman–Crippen LogP) is 3.20. The Labute approximate surface area is 122 Å². The molecule has 8 heteroatoms. The molecule has 0 saturated heterocycles. The molecule has 114 valence electrons. The van der Waals surface area contributed by atoms with Crippen LogP contribution in [-0.2, 0) is 0 Å². The first kappa shape index (κ1) is 15.0. The van der Waals surface area contributed by atoms with Crippen molar-refractivity contribution in [1.29, 1.82) is 0 Å². The lowest BCUT2D eigenvalue weighted by molar-refractivity contribution is -0.384. The molecular weight excluding hydrogens is 272 g/mol. The average Bonchev–Trinajstić information content (AvgIpc) is 2.94. The fourth-order valence-electron chi connectivity index (χ4n) is 2.07. The summed E-state index contributed by atoms with van der Waals surface area (Å²) in [7, 11) is 0. The van der Waals surface area contributed by atoms with Crippen molar-refractivity contribution in [3.63, 3.8) is 0 Å². The molecule has 0 aliphatic carbocycles. The van der Waals surface area contributed by atoms with Gasteiger partial charge in [0, 0.05) is 18.3 Å². The van der Waals surface area contributed by atoms with Crippen LogP contribution in [-0.4, -0.2) is 24.5 Å². The number of anilines is 2. The number of aryl methyl sites for hydroxylation is 1. The van der Waals surface area contributed by atoms with Crippen LogP contribution in [0.2, 0.25) is 0 Å². The van der Waals surface area contributed by atoms with Crippen LogP contribution in [0.15, 0.2) is 12.4 Å². The zero-order valence-electron chi connectivity index (χ0n) is 12.9. The van der Waals surface area contributed by atoms with Gasteiger partial charge in [-0.15, -0.1) is 0 Å². The molecule has 0 aromatic carbocycles. The molecule has 0 bridgehead atoms. The van der Waals surface area contributed by atoms with Gasteiger partial charge in [-0.05, 0) is 34.6 Å². The van der Waals surface area contributed by atoms with Crippen LogP contribution in [0.25, 0.3) is 0 Å². The average molecular weight is 292 g/mol. The van der Waals surface area contributed by atoms with Crippen molar-refractivity contribution in [3.8, 4) is 0 Å². The molecule has 0 aliphatic rings. The fraction of sp³-hybridized carbons (Fsp3) is 0.538. The Morgan fingerprint density at radius 2 is 1.95 bits per heavy atom. The fourth-order valence-corrected chi connectivity index (χ4v) is 2.07. The van der Waals surface area contributed by atoms with Gasteiger partial charge in [0.05, 0.1) is 16.8 Å². The van der Waals surface area contributed by atoms with Gasteiger partial charge in [0.25, 0.3) is 0 Å². The number of aromatic nitrogens is 4. The van der Waals surface area contributed by atoms with Gasteiger partial charge >= 0.3 is 5.69 Å². The summed E-state index contributed by atoms with van der Waals surface area (Å²) in [4.78, 5) is 10.9. The number of nitrogens with one attached hydrogen (secondary N) is 1. The molecule has 0 unspecified atom stereocenters. The Balaban J connectivity index is 2.43. The van der Waals surface area contributed by atoms with Gasteiger partial charge in [0.2, 0.25) is 5.82 Å². The van der Waals surface area contributed by atoms with E-state index in [0.29, 0.717) is 17.2 Å². The Morgan fingerprint density at radius 1 is 1.29 bits per heavy atom. The number of hydrogen-bond acceptors (Lipinski definition) is 5. The van der Waals surface area contributed by atoms with Crippen molar-refractivity contribution in [2.75, 3.05) is 5.32 Å². The van der Waals surface area contributed by atoms with E-state index in [-0.39, 0.29) is 17.8 Å². The van der Waals surface area contributed by atoms with Crippen LogP contribution in [0.3, 0.4) is 0 Å². The Hall–Kier alpha value is -2.38. The lowest BCUT2D eigenvalue weighted by Gasteiger charge is -2.10. The molecule has 0 saturated carbocycles. The second-order valence-electron chi connectivity index (χ2n) is 5.51. The van der Waals surface area contributed by atoms with E-state index in [9.17, 15) is 10.1 Å². The summed E-state index contributed by atoms with van der Waals surface area (Å²) in [6.07, 6.45) is 3.47. The molecule has 2 heterocycles. The highest BCUT2D eigenvalue weighted by atomic mass is 16.6. The van der Waals surface area contributed by atoms with E-state index in [1.165, 1.54) is 0 Å². The van der Waals surface area contributed by atoms with Crippen molar-refractivity contribution in [2.45, 2.75) is 46.7 Å². The summed E-state index contributed by atoms with van der Waals surface area (Å²) < 4.78 is 3.41. The van der Waals surface area contributed by atoms with Gasteiger partial charge in [-0.3, -0.25) is 14.8 Å². The smallest absolute Gasteiger partial charge is 0.332 e. The van der Waals surface area contributed by atoms with Gasteiger partial charge in [0.15, 0.2) is 0 Å². The zero-order valence-corrected chi connectivity index (χ0v) is 12.9. The minimum Gasteiger partial charge on any atom is -0.332 e. The standard InChI is InChI=1S/C13H20N6O2/c1-8(2)17-7-11(6-14-17)15-13-12(19(20)21)10(5)16-18(13)9(3)4/h6-9,15H,1-5H3. The Bertz CT molecular complexity index is 656. The lowest BCUT2D eigenvalue weighted by Crippen LogP contribution is -2.08. The van der Waals surface area contributed by atoms with Gasteiger partial charge in [-0.1, -0.05) is 0 Å². The third-order valence-electron chi connectivity index (χ3n) is 3.12. The topological polar surface area (TPSA) is 90.8 Å². The third-order valence-corrected chi connectivity index (χ3v) is 3.12. The van der Waals surface area contributed by atoms with Crippen molar-refractivity contribution in [3.05, 3.63) is 28.2 Å². The molecule has 0 fully saturated rings. The molecule has 2 rings (SSSR count). The van der Waals surface area contributed by atoms with E-state index >= 15 is 0 Å².